The Morgan fingerprint density at radius 2 is 1.89 bits per heavy atom. The molecule has 0 fully saturated rings. The molecule has 6 heteroatoms. The topological polar surface area (TPSA) is 56.2 Å². The quantitative estimate of drug-likeness (QED) is 0.535. The van der Waals surface area contributed by atoms with Gasteiger partial charge in [0.2, 0.25) is 0 Å². The van der Waals surface area contributed by atoms with E-state index in [2.05, 4.69) is 16.4 Å². The number of aromatic nitrogens is 2. The number of ether oxygens (including phenoxy) is 1. The molecule has 1 amide bonds. The van der Waals surface area contributed by atoms with Crippen LogP contribution in [-0.2, 0) is 4.79 Å². The van der Waals surface area contributed by atoms with Crippen LogP contribution in [0.5, 0.6) is 5.75 Å². The fourth-order valence-electron chi connectivity index (χ4n) is 2.63. The average Bonchev–Trinajstić information content (AvgIpc) is 3.41. The lowest BCUT2D eigenvalue weighted by atomic mass is 10.2. The summed E-state index contributed by atoms with van der Waals surface area (Å²) in [4.78, 5) is 17.3. The van der Waals surface area contributed by atoms with Crippen molar-refractivity contribution in [2.45, 2.75) is 0 Å². The number of nitrogens with zero attached hydrogens (tertiary/aromatic N) is 2. The van der Waals surface area contributed by atoms with E-state index in [9.17, 15) is 4.79 Å². The standard InChI is InChI=1S/C21H17N3O2S/c25-21(23-17-5-3-16(4-6-17)20-2-1-13-27-20)14-26-19-9-7-18(8-10-19)24-12-11-22-15-24/h1-13,15H,14H2,(H,23,25). The number of hydrogen-bond acceptors (Lipinski definition) is 4. The van der Waals surface area contributed by atoms with Crippen LogP contribution in [0.3, 0.4) is 0 Å². The van der Waals surface area contributed by atoms with Crippen molar-refractivity contribution in [2.24, 2.45) is 0 Å². The maximum atomic E-state index is 12.1. The largest absolute Gasteiger partial charge is 0.484 e. The number of thiophene rings is 1. The van der Waals surface area contributed by atoms with Crippen molar-refractivity contribution in [3.63, 3.8) is 0 Å². The zero-order valence-corrected chi connectivity index (χ0v) is 15.2. The van der Waals surface area contributed by atoms with Gasteiger partial charge in [0, 0.05) is 28.6 Å². The fourth-order valence-corrected chi connectivity index (χ4v) is 3.37. The van der Waals surface area contributed by atoms with Crippen LogP contribution < -0.4 is 10.1 Å². The lowest BCUT2D eigenvalue weighted by molar-refractivity contribution is -0.118. The van der Waals surface area contributed by atoms with E-state index in [4.69, 9.17) is 4.74 Å². The van der Waals surface area contributed by atoms with Crippen LogP contribution in [0.2, 0.25) is 0 Å². The number of imidazole rings is 1. The number of carbonyl (C=O) groups is 1. The van der Waals surface area contributed by atoms with Gasteiger partial charge in [-0.3, -0.25) is 4.79 Å². The van der Waals surface area contributed by atoms with E-state index in [1.54, 1.807) is 23.9 Å². The van der Waals surface area contributed by atoms with Crippen LogP contribution in [0.15, 0.2) is 84.8 Å². The number of amides is 1. The van der Waals surface area contributed by atoms with Gasteiger partial charge in [-0.05, 0) is 53.4 Å². The molecule has 27 heavy (non-hydrogen) atoms. The van der Waals surface area contributed by atoms with Gasteiger partial charge in [0.15, 0.2) is 6.61 Å². The second-order valence-corrected chi connectivity index (χ2v) is 6.80. The smallest absolute Gasteiger partial charge is 0.262 e. The number of anilines is 1. The Balaban J connectivity index is 1.30. The summed E-state index contributed by atoms with van der Waals surface area (Å²) in [5.41, 5.74) is 2.87. The highest BCUT2D eigenvalue weighted by Crippen LogP contribution is 2.25. The molecule has 0 bridgehead atoms. The van der Waals surface area contributed by atoms with E-state index in [0.29, 0.717) is 5.75 Å². The molecule has 1 N–H and O–H groups in total. The Morgan fingerprint density at radius 3 is 2.56 bits per heavy atom. The number of rotatable bonds is 6. The first-order chi connectivity index (χ1) is 13.3. The summed E-state index contributed by atoms with van der Waals surface area (Å²) in [5, 5.41) is 4.89. The highest BCUT2D eigenvalue weighted by molar-refractivity contribution is 7.13. The van der Waals surface area contributed by atoms with Crippen LogP contribution in [0.1, 0.15) is 0 Å². The maximum Gasteiger partial charge on any atom is 0.262 e. The maximum absolute atomic E-state index is 12.1. The molecular weight excluding hydrogens is 358 g/mol. The first-order valence-corrected chi connectivity index (χ1v) is 9.31. The van der Waals surface area contributed by atoms with Crippen LogP contribution >= 0.6 is 11.3 Å². The van der Waals surface area contributed by atoms with Gasteiger partial charge >= 0.3 is 0 Å². The molecule has 0 spiro atoms. The summed E-state index contributed by atoms with van der Waals surface area (Å²) in [5.74, 6) is 0.444. The van der Waals surface area contributed by atoms with Crippen molar-refractivity contribution in [1.29, 1.82) is 0 Å². The molecule has 134 valence electrons. The zero-order valence-electron chi connectivity index (χ0n) is 14.4. The first kappa shape index (κ1) is 17.1. The van der Waals surface area contributed by atoms with Gasteiger partial charge in [0.1, 0.15) is 5.75 Å². The lowest BCUT2D eigenvalue weighted by Gasteiger charge is -2.09. The monoisotopic (exact) mass is 375 g/mol. The van der Waals surface area contributed by atoms with Crippen molar-refractivity contribution in [3.05, 3.63) is 84.8 Å². The Bertz CT molecular complexity index is 993. The van der Waals surface area contributed by atoms with Crippen molar-refractivity contribution >= 4 is 22.9 Å². The van der Waals surface area contributed by atoms with E-state index >= 15 is 0 Å². The normalized spacial score (nSPS) is 10.5. The van der Waals surface area contributed by atoms with E-state index in [1.807, 2.05) is 70.7 Å². The number of carbonyl (C=O) groups excluding carboxylic acids is 1. The molecule has 0 atom stereocenters. The van der Waals surface area contributed by atoms with Crippen molar-refractivity contribution in [2.75, 3.05) is 11.9 Å². The second-order valence-electron chi connectivity index (χ2n) is 5.86. The molecule has 2 heterocycles. The summed E-state index contributed by atoms with van der Waals surface area (Å²) < 4.78 is 7.46. The molecule has 0 aliphatic heterocycles. The first-order valence-electron chi connectivity index (χ1n) is 8.43. The minimum atomic E-state index is -0.197. The molecule has 0 aliphatic rings. The third-order valence-electron chi connectivity index (χ3n) is 3.98. The summed E-state index contributed by atoms with van der Waals surface area (Å²) in [6.07, 6.45) is 5.32. The SMILES string of the molecule is O=C(COc1ccc(-n2ccnc2)cc1)Nc1ccc(-c2cccs2)cc1. The molecule has 0 radical (unpaired) electrons. The Hall–Kier alpha value is -3.38. The Morgan fingerprint density at radius 1 is 1.07 bits per heavy atom. The molecule has 2 aromatic heterocycles. The summed E-state index contributed by atoms with van der Waals surface area (Å²) in [7, 11) is 0. The fraction of sp³-hybridized carbons (Fsp3) is 0.0476. The number of nitrogens with one attached hydrogen (secondary N) is 1. The third kappa shape index (κ3) is 4.24. The van der Waals surface area contributed by atoms with Crippen LogP contribution in [0.4, 0.5) is 5.69 Å². The molecule has 0 unspecified atom stereocenters. The van der Waals surface area contributed by atoms with Crippen LogP contribution in [0, 0.1) is 0 Å². The minimum Gasteiger partial charge on any atom is -0.484 e. The second kappa shape index (κ2) is 7.88. The predicted octanol–water partition coefficient (Wildman–Crippen LogP) is 4.62. The molecule has 4 aromatic rings. The lowest BCUT2D eigenvalue weighted by Crippen LogP contribution is -2.20. The van der Waals surface area contributed by atoms with E-state index in [0.717, 1.165) is 16.9 Å². The van der Waals surface area contributed by atoms with E-state index in [-0.39, 0.29) is 12.5 Å². The van der Waals surface area contributed by atoms with Crippen LogP contribution in [0.25, 0.3) is 16.1 Å². The molecule has 0 aliphatic carbocycles. The van der Waals surface area contributed by atoms with Gasteiger partial charge < -0.3 is 14.6 Å². The van der Waals surface area contributed by atoms with Gasteiger partial charge in [-0.15, -0.1) is 11.3 Å². The van der Waals surface area contributed by atoms with Crippen molar-refractivity contribution in [1.82, 2.24) is 9.55 Å². The molecule has 5 nitrogen and oxygen atoms in total. The summed E-state index contributed by atoms with van der Waals surface area (Å²) >= 11 is 1.69. The van der Waals surface area contributed by atoms with E-state index < -0.39 is 0 Å². The number of benzene rings is 2. The molecule has 4 rings (SSSR count). The van der Waals surface area contributed by atoms with Crippen molar-refractivity contribution < 1.29 is 9.53 Å². The minimum absolute atomic E-state index is 0.0445. The zero-order chi connectivity index (χ0) is 18.5. The highest BCUT2D eigenvalue weighted by Gasteiger charge is 2.05. The highest BCUT2D eigenvalue weighted by atomic mass is 32.1. The summed E-state index contributed by atoms with van der Waals surface area (Å²) in [6.45, 7) is -0.0445. The van der Waals surface area contributed by atoms with E-state index in [1.165, 1.54) is 4.88 Å². The third-order valence-corrected chi connectivity index (χ3v) is 4.90. The Kier molecular flexibility index (Phi) is 4.98. The van der Waals surface area contributed by atoms with Gasteiger partial charge in [-0.25, -0.2) is 4.98 Å². The molecular formula is C21H17N3O2S. The van der Waals surface area contributed by atoms with Crippen molar-refractivity contribution in [3.8, 4) is 21.9 Å². The van der Waals surface area contributed by atoms with Crippen LogP contribution in [-0.4, -0.2) is 22.1 Å². The molecule has 0 saturated carbocycles. The van der Waals surface area contributed by atoms with Gasteiger partial charge in [-0.1, -0.05) is 18.2 Å². The number of hydrogen-bond donors (Lipinski definition) is 1. The van der Waals surface area contributed by atoms with Gasteiger partial charge in [0.05, 0.1) is 6.33 Å². The average molecular weight is 375 g/mol. The van der Waals surface area contributed by atoms with Gasteiger partial charge in [0.25, 0.3) is 5.91 Å². The van der Waals surface area contributed by atoms with Gasteiger partial charge in [-0.2, -0.15) is 0 Å². The summed E-state index contributed by atoms with van der Waals surface area (Å²) in [6, 6.07) is 19.4. The molecule has 2 aromatic carbocycles. The Labute approximate surface area is 160 Å². The predicted molar refractivity (Wildman–Crippen MR) is 107 cm³/mol. The molecule has 0 saturated heterocycles.